The number of amides is 1. The van der Waals surface area contributed by atoms with Gasteiger partial charge in [-0.05, 0) is 51.0 Å². The summed E-state index contributed by atoms with van der Waals surface area (Å²) in [6, 6.07) is 8.40. The average molecular weight is 369 g/mol. The van der Waals surface area contributed by atoms with E-state index >= 15 is 0 Å². The molecule has 0 saturated heterocycles. The Bertz CT molecular complexity index is 931. The maximum absolute atomic E-state index is 12.3. The topological polar surface area (TPSA) is 50.5 Å². The van der Waals surface area contributed by atoms with Crippen molar-refractivity contribution in [3.63, 3.8) is 0 Å². The van der Waals surface area contributed by atoms with Crippen LogP contribution >= 0.6 is 11.8 Å². The first kappa shape index (κ1) is 18.5. The number of hydrogen-bond acceptors (Lipinski definition) is 4. The molecule has 0 aliphatic heterocycles. The van der Waals surface area contributed by atoms with E-state index in [-0.39, 0.29) is 5.91 Å². The number of aryl methyl sites for hydroxylation is 2. The van der Waals surface area contributed by atoms with E-state index in [1.165, 1.54) is 22.9 Å². The Morgan fingerprint density at radius 3 is 2.62 bits per heavy atom. The van der Waals surface area contributed by atoms with Gasteiger partial charge in [0.2, 0.25) is 5.91 Å². The maximum atomic E-state index is 12.3. The summed E-state index contributed by atoms with van der Waals surface area (Å²) in [5, 5.41) is 5.51. The van der Waals surface area contributed by atoms with Crippen molar-refractivity contribution in [2.45, 2.75) is 32.7 Å². The first-order valence-electron chi connectivity index (χ1n) is 8.86. The van der Waals surface area contributed by atoms with Crippen LogP contribution in [-0.4, -0.2) is 44.2 Å². The van der Waals surface area contributed by atoms with Gasteiger partial charge in [0.05, 0.1) is 17.0 Å². The molecule has 26 heavy (non-hydrogen) atoms. The number of carbonyl (C=O) groups excluding carboxylic acids is 1. The number of fused-ring (bicyclic) bond motifs is 1. The second-order valence-corrected chi connectivity index (χ2v) is 7.21. The zero-order chi connectivity index (χ0) is 18.7. The summed E-state index contributed by atoms with van der Waals surface area (Å²) in [6.45, 7) is 9.68. The molecule has 1 amide bonds. The lowest BCUT2D eigenvalue weighted by Crippen LogP contribution is -2.31. The van der Waals surface area contributed by atoms with Crippen LogP contribution in [0.2, 0.25) is 0 Å². The molecule has 0 spiro atoms. The number of nitrogens with zero attached hydrogens (tertiary/aromatic N) is 4. The van der Waals surface area contributed by atoms with E-state index in [4.69, 9.17) is 0 Å². The molecule has 2 aromatic heterocycles. The molecule has 6 heteroatoms. The van der Waals surface area contributed by atoms with Crippen LogP contribution in [0.5, 0.6) is 0 Å². The van der Waals surface area contributed by atoms with Crippen LogP contribution in [0, 0.1) is 13.8 Å². The number of aromatic nitrogens is 3. The van der Waals surface area contributed by atoms with E-state index in [1.807, 2.05) is 35.5 Å². The van der Waals surface area contributed by atoms with Crippen molar-refractivity contribution in [1.29, 1.82) is 0 Å². The first-order chi connectivity index (χ1) is 12.5. The molecule has 0 saturated carbocycles. The summed E-state index contributed by atoms with van der Waals surface area (Å²) in [5.41, 5.74) is 5.45. The predicted molar refractivity (Wildman–Crippen MR) is 107 cm³/mol. The third-order valence-electron chi connectivity index (χ3n) is 4.61. The Hall–Kier alpha value is -2.34. The number of thioether (sulfide) groups is 1. The molecule has 5 nitrogen and oxygen atoms in total. The lowest BCUT2D eigenvalue weighted by atomic mass is 10.0. The maximum Gasteiger partial charge on any atom is 0.232 e. The van der Waals surface area contributed by atoms with Gasteiger partial charge in [-0.2, -0.15) is 5.10 Å². The number of hydrogen-bond donors (Lipinski definition) is 0. The summed E-state index contributed by atoms with van der Waals surface area (Å²) in [7, 11) is 0. The highest BCUT2D eigenvalue weighted by Gasteiger charge is 2.14. The zero-order valence-electron chi connectivity index (χ0n) is 15.7. The Balaban J connectivity index is 1.87. The van der Waals surface area contributed by atoms with Gasteiger partial charge in [0.15, 0.2) is 0 Å². The van der Waals surface area contributed by atoms with Gasteiger partial charge in [-0.15, -0.1) is 0 Å². The van der Waals surface area contributed by atoms with E-state index in [9.17, 15) is 4.79 Å². The van der Waals surface area contributed by atoms with Crippen LogP contribution < -0.4 is 0 Å². The highest BCUT2D eigenvalue weighted by atomic mass is 32.2. The van der Waals surface area contributed by atoms with E-state index in [0.717, 1.165) is 34.9 Å². The normalized spacial score (nSPS) is 11.1. The molecule has 0 N–H and O–H groups in total. The van der Waals surface area contributed by atoms with Crippen molar-refractivity contribution in [1.82, 2.24) is 19.5 Å². The molecule has 0 atom stereocenters. The SMILES string of the molecule is CCN(CC)C(=O)CSc1nccn2nc(-c3ccc(C)c(C)c3)cc12. The molecule has 0 bridgehead atoms. The Morgan fingerprint density at radius 1 is 1.15 bits per heavy atom. The van der Waals surface area contributed by atoms with Crippen molar-refractivity contribution >= 4 is 23.2 Å². The highest BCUT2D eigenvalue weighted by molar-refractivity contribution is 8.00. The fourth-order valence-corrected chi connectivity index (χ4v) is 3.73. The van der Waals surface area contributed by atoms with Gasteiger partial charge in [-0.1, -0.05) is 23.9 Å². The largest absolute Gasteiger partial charge is 0.343 e. The highest BCUT2D eigenvalue weighted by Crippen LogP contribution is 2.27. The summed E-state index contributed by atoms with van der Waals surface area (Å²) in [4.78, 5) is 18.6. The Kier molecular flexibility index (Phi) is 5.61. The molecule has 136 valence electrons. The van der Waals surface area contributed by atoms with Crippen molar-refractivity contribution < 1.29 is 4.79 Å². The standard InChI is InChI=1S/C20H24N4OS/c1-5-23(6-2)19(25)13-26-20-18-12-17(22-24(18)10-9-21-20)16-8-7-14(3)15(4)11-16/h7-12H,5-6,13H2,1-4H3. The van der Waals surface area contributed by atoms with Crippen LogP contribution in [-0.2, 0) is 4.79 Å². The quantitative estimate of drug-likeness (QED) is 0.618. The molecule has 1 aromatic carbocycles. The van der Waals surface area contributed by atoms with Crippen molar-refractivity contribution in [3.05, 3.63) is 47.8 Å². The van der Waals surface area contributed by atoms with E-state index in [2.05, 4.69) is 42.1 Å². The molecular weight excluding hydrogens is 344 g/mol. The number of benzene rings is 1. The number of rotatable bonds is 6. The molecule has 3 rings (SSSR count). The third-order valence-corrected chi connectivity index (χ3v) is 5.58. The fourth-order valence-electron chi connectivity index (χ4n) is 2.85. The van der Waals surface area contributed by atoms with Crippen LogP contribution in [0.1, 0.15) is 25.0 Å². The second-order valence-electron chi connectivity index (χ2n) is 6.25. The Labute approximate surface area is 158 Å². The zero-order valence-corrected chi connectivity index (χ0v) is 16.5. The van der Waals surface area contributed by atoms with Crippen LogP contribution in [0.15, 0.2) is 41.7 Å². The van der Waals surface area contributed by atoms with Gasteiger partial charge in [0.25, 0.3) is 0 Å². The van der Waals surface area contributed by atoms with Gasteiger partial charge in [0, 0.05) is 31.0 Å². The Morgan fingerprint density at radius 2 is 1.92 bits per heavy atom. The van der Waals surface area contributed by atoms with Crippen LogP contribution in [0.3, 0.4) is 0 Å². The molecule has 0 aliphatic rings. The average Bonchev–Trinajstić information content (AvgIpc) is 3.08. The molecular formula is C20H24N4OS. The van der Waals surface area contributed by atoms with E-state index in [1.54, 1.807) is 6.20 Å². The molecule has 3 aromatic rings. The molecule has 0 fully saturated rings. The van der Waals surface area contributed by atoms with Gasteiger partial charge < -0.3 is 4.90 Å². The molecule has 2 heterocycles. The minimum Gasteiger partial charge on any atom is -0.343 e. The fraction of sp³-hybridized carbons (Fsp3) is 0.350. The lowest BCUT2D eigenvalue weighted by Gasteiger charge is -2.18. The van der Waals surface area contributed by atoms with E-state index < -0.39 is 0 Å². The summed E-state index contributed by atoms with van der Waals surface area (Å²) >= 11 is 1.47. The summed E-state index contributed by atoms with van der Waals surface area (Å²) < 4.78 is 1.84. The molecule has 0 aliphatic carbocycles. The monoisotopic (exact) mass is 368 g/mol. The molecule has 0 unspecified atom stereocenters. The lowest BCUT2D eigenvalue weighted by molar-refractivity contribution is -0.127. The van der Waals surface area contributed by atoms with Crippen LogP contribution in [0.4, 0.5) is 0 Å². The van der Waals surface area contributed by atoms with E-state index in [0.29, 0.717) is 5.75 Å². The minimum absolute atomic E-state index is 0.137. The molecule has 0 radical (unpaired) electrons. The third kappa shape index (κ3) is 3.75. The smallest absolute Gasteiger partial charge is 0.232 e. The van der Waals surface area contributed by atoms with Crippen molar-refractivity contribution in [2.24, 2.45) is 0 Å². The van der Waals surface area contributed by atoms with Gasteiger partial charge >= 0.3 is 0 Å². The van der Waals surface area contributed by atoms with Gasteiger partial charge in [-0.25, -0.2) is 9.50 Å². The predicted octanol–water partition coefficient (Wildman–Crippen LogP) is 3.97. The summed E-state index contributed by atoms with van der Waals surface area (Å²) in [6.07, 6.45) is 3.57. The minimum atomic E-state index is 0.137. The first-order valence-corrected chi connectivity index (χ1v) is 9.84. The van der Waals surface area contributed by atoms with Gasteiger partial charge in [-0.3, -0.25) is 4.79 Å². The summed E-state index contributed by atoms with van der Waals surface area (Å²) in [5.74, 6) is 0.524. The second kappa shape index (κ2) is 7.91. The van der Waals surface area contributed by atoms with Crippen molar-refractivity contribution in [3.8, 4) is 11.3 Å². The van der Waals surface area contributed by atoms with Crippen LogP contribution in [0.25, 0.3) is 16.8 Å². The van der Waals surface area contributed by atoms with Crippen molar-refractivity contribution in [2.75, 3.05) is 18.8 Å². The van der Waals surface area contributed by atoms with Gasteiger partial charge in [0.1, 0.15) is 5.03 Å². The number of carbonyl (C=O) groups is 1.